The van der Waals surface area contributed by atoms with E-state index < -0.39 is 0 Å². The molecule has 8 heteroatoms. The second kappa shape index (κ2) is 8.13. The minimum absolute atomic E-state index is 0.0709. The van der Waals surface area contributed by atoms with Gasteiger partial charge in [-0.2, -0.15) is 0 Å². The normalized spacial score (nSPS) is 10.6. The van der Waals surface area contributed by atoms with E-state index in [4.69, 9.17) is 11.6 Å². The average Bonchev–Trinajstić information content (AvgIpc) is 2.99. The minimum Gasteiger partial charge on any atom is -0.351 e. The fraction of sp³-hybridized carbons (Fsp3) is 0.176. The highest BCUT2D eigenvalue weighted by molar-refractivity contribution is 7.99. The van der Waals surface area contributed by atoms with E-state index in [1.165, 1.54) is 11.8 Å². The van der Waals surface area contributed by atoms with Gasteiger partial charge >= 0.3 is 0 Å². The molecule has 0 fully saturated rings. The van der Waals surface area contributed by atoms with Crippen molar-refractivity contribution >= 4 is 29.3 Å². The molecule has 0 spiro atoms. The Kier molecular flexibility index (Phi) is 5.67. The lowest BCUT2D eigenvalue weighted by atomic mass is 10.2. The number of pyridine rings is 1. The third kappa shape index (κ3) is 4.58. The molecule has 1 aromatic carbocycles. The lowest BCUT2D eigenvalue weighted by molar-refractivity contribution is -0.118. The van der Waals surface area contributed by atoms with Crippen LogP contribution >= 0.6 is 23.4 Å². The van der Waals surface area contributed by atoms with Crippen molar-refractivity contribution in [3.8, 4) is 11.4 Å². The number of halogens is 1. The van der Waals surface area contributed by atoms with Gasteiger partial charge < -0.3 is 9.88 Å². The van der Waals surface area contributed by atoms with E-state index in [2.05, 4.69) is 20.5 Å². The van der Waals surface area contributed by atoms with Gasteiger partial charge in [-0.3, -0.25) is 9.78 Å². The molecule has 0 radical (unpaired) electrons. The predicted molar refractivity (Wildman–Crippen MR) is 98.3 cm³/mol. The first-order chi connectivity index (χ1) is 12.1. The summed E-state index contributed by atoms with van der Waals surface area (Å²) in [6, 6.07) is 11.2. The highest BCUT2D eigenvalue weighted by Crippen LogP contribution is 2.21. The molecule has 6 nitrogen and oxygen atoms in total. The summed E-state index contributed by atoms with van der Waals surface area (Å²) >= 11 is 7.28. The van der Waals surface area contributed by atoms with Gasteiger partial charge in [0.2, 0.25) is 5.91 Å². The SMILES string of the molecule is Cn1c(SCC(=O)NCc2cccc(Cl)c2)nnc1-c1ccncc1. The maximum Gasteiger partial charge on any atom is 0.230 e. The summed E-state index contributed by atoms with van der Waals surface area (Å²) < 4.78 is 1.87. The first-order valence-electron chi connectivity index (χ1n) is 7.57. The van der Waals surface area contributed by atoms with Gasteiger partial charge in [-0.25, -0.2) is 0 Å². The number of carbonyl (C=O) groups is 1. The molecule has 128 valence electrons. The van der Waals surface area contributed by atoms with Gasteiger partial charge in [0, 0.05) is 36.6 Å². The van der Waals surface area contributed by atoms with Gasteiger partial charge in [-0.1, -0.05) is 35.5 Å². The molecule has 0 atom stereocenters. The number of rotatable bonds is 6. The topological polar surface area (TPSA) is 72.7 Å². The molecule has 2 heterocycles. The van der Waals surface area contributed by atoms with E-state index in [1.807, 2.05) is 41.9 Å². The van der Waals surface area contributed by atoms with Crippen LogP contribution in [-0.2, 0) is 18.4 Å². The zero-order valence-corrected chi connectivity index (χ0v) is 15.1. The molecular weight excluding hydrogens is 358 g/mol. The molecule has 25 heavy (non-hydrogen) atoms. The predicted octanol–water partition coefficient (Wildman–Crippen LogP) is 2.94. The first kappa shape index (κ1) is 17.4. The Morgan fingerprint density at radius 3 is 2.80 bits per heavy atom. The summed E-state index contributed by atoms with van der Waals surface area (Å²) in [5, 5.41) is 12.5. The van der Waals surface area contributed by atoms with Crippen molar-refractivity contribution in [1.29, 1.82) is 0 Å². The minimum atomic E-state index is -0.0709. The second-order valence-electron chi connectivity index (χ2n) is 5.30. The van der Waals surface area contributed by atoms with Crippen molar-refractivity contribution in [2.24, 2.45) is 7.05 Å². The lowest BCUT2D eigenvalue weighted by Gasteiger charge is -2.06. The van der Waals surface area contributed by atoms with E-state index in [1.54, 1.807) is 18.5 Å². The number of aromatic nitrogens is 4. The van der Waals surface area contributed by atoms with Gasteiger partial charge in [0.05, 0.1) is 5.75 Å². The lowest BCUT2D eigenvalue weighted by Crippen LogP contribution is -2.24. The quantitative estimate of drug-likeness (QED) is 0.672. The molecule has 1 amide bonds. The van der Waals surface area contributed by atoms with Crippen molar-refractivity contribution < 1.29 is 4.79 Å². The first-order valence-corrected chi connectivity index (χ1v) is 8.93. The number of carbonyl (C=O) groups excluding carboxylic acids is 1. The van der Waals surface area contributed by atoms with Crippen molar-refractivity contribution in [1.82, 2.24) is 25.1 Å². The maximum atomic E-state index is 12.0. The smallest absolute Gasteiger partial charge is 0.230 e. The second-order valence-corrected chi connectivity index (χ2v) is 6.68. The molecule has 0 bridgehead atoms. The fourth-order valence-corrected chi connectivity index (χ4v) is 3.18. The van der Waals surface area contributed by atoms with Crippen LogP contribution in [0.25, 0.3) is 11.4 Å². The maximum absolute atomic E-state index is 12.0. The monoisotopic (exact) mass is 373 g/mol. The third-order valence-electron chi connectivity index (χ3n) is 3.48. The Hall–Kier alpha value is -2.38. The number of benzene rings is 1. The number of hydrogen-bond donors (Lipinski definition) is 1. The molecule has 0 unspecified atom stereocenters. The number of nitrogens with one attached hydrogen (secondary N) is 1. The largest absolute Gasteiger partial charge is 0.351 e. The fourth-order valence-electron chi connectivity index (χ4n) is 2.22. The van der Waals surface area contributed by atoms with Crippen molar-refractivity contribution in [3.05, 3.63) is 59.4 Å². The van der Waals surface area contributed by atoms with E-state index in [-0.39, 0.29) is 11.7 Å². The van der Waals surface area contributed by atoms with Crippen molar-refractivity contribution in [3.63, 3.8) is 0 Å². The van der Waals surface area contributed by atoms with E-state index in [0.717, 1.165) is 17.0 Å². The third-order valence-corrected chi connectivity index (χ3v) is 4.74. The van der Waals surface area contributed by atoms with Crippen LogP contribution in [0.3, 0.4) is 0 Å². The summed E-state index contributed by atoms with van der Waals surface area (Å²) in [5.74, 6) is 0.936. The van der Waals surface area contributed by atoms with Crippen LogP contribution in [0.5, 0.6) is 0 Å². The molecule has 0 saturated carbocycles. The molecule has 0 aliphatic carbocycles. The molecule has 0 aliphatic heterocycles. The number of amides is 1. The van der Waals surface area contributed by atoms with E-state index >= 15 is 0 Å². The average molecular weight is 374 g/mol. The van der Waals surface area contributed by atoms with Crippen molar-refractivity contribution in [2.75, 3.05) is 5.75 Å². The molecule has 2 aromatic heterocycles. The van der Waals surface area contributed by atoms with Gasteiger partial charge in [-0.15, -0.1) is 10.2 Å². The Labute approximate surface area is 154 Å². The zero-order valence-electron chi connectivity index (χ0n) is 13.5. The molecule has 3 rings (SSSR count). The molecule has 3 aromatic rings. The summed E-state index contributed by atoms with van der Waals surface area (Å²) in [6.07, 6.45) is 3.42. The standard InChI is InChI=1S/C17H16ClN5OS/c1-23-16(13-5-7-19-8-6-13)21-22-17(23)25-11-15(24)20-10-12-3-2-4-14(18)9-12/h2-9H,10-11H2,1H3,(H,20,24). The van der Waals surface area contributed by atoms with E-state index in [0.29, 0.717) is 16.7 Å². The highest BCUT2D eigenvalue weighted by Gasteiger charge is 2.12. The van der Waals surface area contributed by atoms with Crippen LogP contribution in [0, 0.1) is 0 Å². The van der Waals surface area contributed by atoms with Crippen LogP contribution in [0.4, 0.5) is 0 Å². The van der Waals surface area contributed by atoms with E-state index in [9.17, 15) is 4.79 Å². The van der Waals surface area contributed by atoms with Gasteiger partial charge in [0.1, 0.15) is 0 Å². The molecular formula is C17H16ClN5OS. The Morgan fingerprint density at radius 1 is 1.24 bits per heavy atom. The van der Waals surface area contributed by atoms with Gasteiger partial charge in [-0.05, 0) is 29.8 Å². The van der Waals surface area contributed by atoms with Crippen LogP contribution in [0.1, 0.15) is 5.56 Å². The summed E-state index contributed by atoms with van der Waals surface area (Å²) in [7, 11) is 1.88. The van der Waals surface area contributed by atoms with Crippen LogP contribution < -0.4 is 5.32 Å². The summed E-state index contributed by atoms with van der Waals surface area (Å²) in [5.41, 5.74) is 1.90. The zero-order chi connectivity index (χ0) is 17.6. The summed E-state index contributed by atoms with van der Waals surface area (Å²) in [4.78, 5) is 16.0. The highest BCUT2D eigenvalue weighted by atomic mass is 35.5. The molecule has 0 saturated heterocycles. The Morgan fingerprint density at radius 2 is 2.04 bits per heavy atom. The van der Waals surface area contributed by atoms with Crippen LogP contribution in [0.15, 0.2) is 53.9 Å². The van der Waals surface area contributed by atoms with Crippen LogP contribution in [0.2, 0.25) is 5.02 Å². The summed E-state index contributed by atoms with van der Waals surface area (Å²) in [6.45, 7) is 0.445. The van der Waals surface area contributed by atoms with Crippen molar-refractivity contribution in [2.45, 2.75) is 11.7 Å². The Balaban J connectivity index is 1.55. The van der Waals surface area contributed by atoms with Gasteiger partial charge in [0.25, 0.3) is 0 Å². The molecule has 0 aliphatic rings. The number of nitrogens with zero attached hydrogens (tertiary/aromatic N) is 4. The number of thioether (sulfide) groups is 1. The van der Waals surface area contributed by atoms with Gasteiger partial charge in [0.15, 0.2) is 11.0 Å². The molecule has 1 N–H and O–H groups in total. The van der Waals surface area contributed by atoms with Crippen LogP contribution in [-0.4, -0.2) is 31.4 Å². The number of hydrogen-bond acceptors (Lipinski definition) is 5. The Bertz CT molecular complexity index is 868.